The Labute approximate surface area is 144 Å². The van der Waals surface area contributed by atoms with E-state index in [9.17, 15) is 4.79 Å². The molecule has 3 rings (SSSR count). The summed E-state index contributed by atoms with van der Waals surface area (Å²) in [5.74, 6) is -0.263. The third-order valence-corrected chi connectivity index (χ3v) is 4.52. The fourth-order valence-corrected chi connectivity index (χ4v) is 3.22. The van der Waals surface area contributed by atoms with E-state index in [1.165, 1.54) is 37.9 Å². The molecule has 0 amide bonds. The molecule has 24 heavy (non-hydrogen) atoms. The number of carbonyl (C=O) groups excluding carboxylic acids is 1. The Bertz CT molecular complexity index is 672. The van der Waals surface area contributed by atoms with Gasteiger partial charge in [0, 0.05) is 6.54 Å². The largest absolute Gasteiger partial charge is 0.462 e. The Kier molecular flexibility index (Phi) is 5.65. The highest BCUT2D eigenvalue weighted by atomic mass is 16.5. The van der Waals surface area contributed by atoms with Gasteiger partial charge in [-0.2, -0.15) is 0 Å². The molecule has 0 unspecified atom stereocenters. The number of rotatable bonds is 5. The third kappa shape index (κ3) is 4.24. The molecule has 0 N–H and O–H groups in total. The standard InChI is InChI=1S/C21H25NO2/c1-2-24-21(23)20-8-6-7-19(15-20)18-11-9-17(10-12-18)16-22-13-4-3-5-14-22/h6-12,15H,2-5,13-14,16H2,1H3. The van der Waals surface area contributed by atoms with Crippen LogP contribution in [0.25, 0.3) is 11.1 Å². The van der Waals surface area contributed by atoms with Gasteiger partial charge in [0.1, 0.15) is 0 Å². The van der Waals surface area contributed by atoms with E-state index in [1.54, 1.807) is 6.07 Å². The van der Waals surface area contributed by atoms with E-state index in [4.69, 9.17) is 4.74 Å². The topological polar surface area (TPSA) is 29.5 Å². The summed E-state index contributed by atoms with van der Waals surface area (Å²) in [6.07, 6.45) is 4.00. The number of likely N-dealkylation sites (tertiary alicyclic amines) is 1. The maximum Gasteiger partial charge on any atom is 0.338 e. The van der Waals surface area contributed by atoms with Gasteiger partial charge in [-0.15, -0.1) is 0 Å². The fraction of sp³-hybridized carbons (Fsp3) is 0.381. The van der Waals surface area contributed by atoms with E-state index in [1.807, 2.05) is 25.1 Å². The quantitative estimate of drug-likeness (QED) is 0.758. The minimum absolute atomic E-state index is 0.263. The summed E-state index contributed by atoms with van der Waals surface area (Å²) < 4.78 is 5.08. The minimum atomic E-state index is -0.263. The summed E-state index contributed by atoms with van der Waals surface area (Å²) in [5, 5.41) is 0. The number of esters is 1. The van der Waals surface area contributed by atoms with Crippen LogP contribution in [-0.4, -0.2) is 30.6 Å². The van der Waals surface area contributed by atoms with Crippen LogP contribution in [-0.2, 0) is 11.3 Å². The lowest BCUT2D eigenvalue weighted by molar-refractivity contribution is 0.0526. The zero-order chi connectivity index (χ0) is 16.8. The second-order valence-electron chi connectivity index (χ2n) is 6.34. The van der Waals surface area contributed by atoms with E-state index in [-0.39, 0.29) is 5.97 Å². The van der Waals surface area contributed by atoms with Crippen LogP contribution in [0.1, 0.15) is 42.1 Å². The minimum Gasteiger partial charge on any atom is -0.462 e. The molecule has 1 heterocycles. The molecule has 2 aromatic carbocycles. The number of ether oxygens (including phenoxy) is 1. The first-order chi connectivity index (χ1) is 11.8. The van der Waals surface area contributed by atoms with Gasteiger partial charge in [0.15, 0.2) is 0 Å². The van der Waals surface area contributed by atoms with E-state index >= 15 is 0 Å². The first-order valence-electron chi connectivity index (χ1n) is 8.85. The highest BCUT2D eigenvalue weighted by molar-refractivity contribution is 5.91. The highest BCUT2D eigenvalue weighted by Crippen LogP contribution is 2.22. The first-order valence-corrected chi connectivity index (χ1v) is 8.85. The van der Waals surface area contributed by atoms with Crippen molar-refractivity contribution in [2.24, 2.45) is 0 Å². The molecular weight excluding hydrogens is 298 g/mol. The molecule has 0 spiro atoms. The predicted octanol–water partition coefficient (Wildman–Crippen LogP) is 4.52. The van der Waals surface area contributed by atoms with E-state index < -0.39 is 0 Å². The van der Waals surface area contributed by atoms with Crippen LogP contribution in [0, 0.1) is 0 Å². The molecule has 1 saturated heterocycles. The molecule has 0 atom stereocenters. The molecule has 1 fully saturated rings. The van der Waals surface area contributed by atoms with Gasteiger partial charge in [0.2, 0.25) is 0 Å². The summed E-state index contributed by atoms with van der Waals surface area (Å²) in [7, 11) is 0. The number of nitrogens with zero attached hydrogens (tertiary/aromatic N) is 1. The van der Waals surface area contributed by atoms with Gasteiger partial charge in [-0.1, -0.05) is 42.8 Å². The third-order valence-electron chi connectivity index (χ3n) is 4.52. The lowest BCUT2D eigenvalue weighted by atomic mass is 10.0. The predicted molar refractivity (Wildman–Crippen MR) is 97.0 cm³/mol. The lowest BCUT2D eigenvalue weighted by Crippen LogP contribution is -2.28. The molecule has 126 valence electrons. The van der Waals surface area contributed by atoms with Crippen LogP contribution in [0.5, 0.6) is 0 Å². The van der Waals surface area contributed by atoms with Crippen molar-refractivity contribution in [2.45, 2.75) is 32.7 Å². The van der Waals surface area contributed by atoms with Crippen molar-refractivity contribution in [3.63, 3.8) is 0 Å². The van der Waals surface area contributed by atoms with Crippen LogP contribution in [0.3, 0.4) is 0 Å². The van der Waals surface area contributed by atoms with Gasteiger partial charge in [0.25, 0.3) is 0 Å². The molecule has 0 saturated carbocycles. The number of benzene rings is 2. The van der Waals surface area contributed by atoms with Gasteiger partial charge in [-0.05, 0) is 61.7 Å². The van der Waals surface area contributed by atoms with Crippen molar-refractivity contribution >= 4 is 5.97 Å². The Morgan fingerprint density at radius 2 is 1.75 bits per heavy atom. The van der Waals surface area contributed by atoms with Crippen molar-refractivity contribution in [2.75, 3.05) is 19.7 Å². The zero-order valence-corrected chi connectivity index (χ0v) is 14.3. The number of piperidine rings is 1. The summed E-state index contributed by atoms with van der Waals surface area (Å²) in [6.45, 7) is 5.67. The smallest absolute Gasteiger partial charge is 0.338 e. The van der Waals surface area contributed by atoms with E-state index in [0.717, 1.165) is 17.7 Å². The molecule has 0 aliphatic carbocycles. The summed E-state index contributed by atoms with van der Waals surface area (Å²) in [5.41, 5.74) is 4.13. The normalized spacial score (nSPS) is 15.2. The van der Waals surface area contributed by atoms with Crippen LogP contribution >= 0.6 is 0 Å². The second kappa shape index (κ2) is 8.11. The maximum absolute atomic E-state index is 11.9. The number of hydrogen-bond acceptors (Lipinski definition) is 3. The maximum atomic E-state index is 11.9. The van der Waals surface area contributed by atoms with Crippen molar-refractivity contribution < 1.29 is 9.53 Å². The summed E-state index contributed by atoms with van der Waals surface area (Å²) >= 11 is 0. The van der Waals surface area contributed by atoms with Crippen molar-refractivity contribution in [3.05, 3.63) is 59.7 Å². The molecule has 0 aromatic heterocycles. The van der Waals surface area contributed by atoms with Crippen molar-refractivity contribution in [3.8, 4) is 11.1 Å². The van der Waals surface area contributed by atoms with Crippen LogP contribution in [0.15, 0.2) is 48.5 Å². The van der Waals surface area contributed by atoms with Gasteiger partial charge in [-0.25, -0.2) is 4.79 Å². The average Bonchev–Trinajstić information content (AvgIpc) is 2.63. The summed E-state index contributed by atoms with van der Waals surface area (Å²) in [4.78, 5) is 14.4. The number of carbonyl (C=O) groups is 1. The summed E-state index contributed by atoms with van der Waals surface area (Å²) in [6, 6.07) is 16.3. The molecule has 0 bridgehead atoms. The Balaban J connectivity index is 1.71. The van der Waals surface area contributed by atoms with Crippen LogP contribution < -0.4 is 0 Å². The molecule has 1 aliphatic heterocycles. The zero-order valence-electron chi connectivity index (χ0n) is 14.3. The molecular formula is C21H25NO2. The van der Waals surface area contributed by atoms with Crippen LogP contribution in [0.4, 0.5) is 0 Å². The Morgan fingerprint density at radius 3 is 2.46 bits per heavy atom. The molecule has 0 radical (unpaired) electrons. The van der Waals surface area contributed by atoms with Crippen molar-refractivity contribution in [1.29, 1.82) is 0 Å². The van der Waals surface area contributed by atoms with Crippen LogP contribution in [0.2, 0.25) is 0 Å². The molecule has 1 aliphatic rings. The van der Waals surface area contributed by atoms with Gasteiger partial charge < -0.3 is 4.74 Å². The van der Waals surface area contributed by atoms with Gasteiger partial charge >= 0.3 is 5.97 Å². The second-order valence-corrected chi connectivity index (χ2v) is 6.34. The van der Waals surface area contributed by atoms with Gasteiger partial charge in [-0.3, -0.25) is 4.90 Å². The monoisotopic (exact) mass is 323 g/mol. The number of hydrogen-bond donors (Lipinski definition) is 0. The molecule has 2 aromatic rings. The SMILES string of the molecule is CCOC(=O)c1cccc(-c2ccc(CN3CCCCC3)cc2)c1. The van der Waals surface area contributed by atoms with Crippen molar-refractivity contribution in [1.82, 2.24) is 4.90 Å². The average molecular weight is 323 g/mol. The lowest BCUT2D eigenvalue weighted by Gasteiger charge is -2.26. The fourth-order valence-electron chi connectivity index (χ4n) is 3.22. The Morgan fingerprint density at radius 1 is 1.00 bits per heavy atom. The first kappa shape index (κ1) is 16.7. The van der Waals surface area contributed by atoms with E-state index in [2.05, 4.69) is 29.2 Å². The van der Waals surface area contributed by atoms with Gasteiger partial charge in [0.05, 0.1) is 12.2 Å². The molecule has 3 nitrogen and oxygen atoms in total. The highest BCUT2D eigenvalue weighted by Gasteiger charge is 2.11. The molecule has 3 heteroatoms. The van der Waals surface area contributed by atoms with E-state index in [0.29, 0.717) is 12.2 Å². The Hall–Kier alpha value is -2.13.